The average Bonchev–Trinajstić information content (AvgIpc) is 2.39. The Hall–Kier alpha value is -1.80. The molecule has 0 aliphatic heterocycles. The number of alkyl halides is 1. The second-order valence-electron chi connectivity index (χ2n) is 3.72. The first-order chi connectivity index (χ1) is 8.22. The summed E-state index contributed by atoms with van der Waals surface area (Å²) in [6.45, 7) is 0. The molecule has 2 rings (SSSR count). The fourth-order valence-electron chi connectivity index (χ4n) is 1.68. The smallest absolute Gasteiger partial charge is 0.179 e. The van der Waals surface area contributed by atoms with Crippen molar-refractivity contribution in [1.29, 1.82) is 0 Å². The van der Waals surface area contributed by atoms with E-state index in [4.69, 9.17) is 17.3 Å². The van der Waals surface area contributed by atoms with Crippen LogP contribution in [-0.4, -0.2) is 11.7 Å². The molecule has 2 aromatic carbocycles. The van der Waals surface area contributed by atoms with Crippen LogP contribution in [0.2, 0.25) is 0 Å². The van der Waals surface area contributed by atoms with Crippen molar-refractivity contribution in [2.45, 2.75) is 0 Å². The summed E-state index contributed by atoms with van der Waals surface area (Å²) < 4.78 is 0. The summed E-state index contributed by atoms with van der Waals surface area (Å²) in [7, 11) is 0. The van der Waals surface area contributed by atoms with Crippen LogP contribution in [0.4, 0.5) is 5.69 Å². The summed E-state index contributed by atoms with van der Waals surface area (Å²) in [5, 5.41) is 0. The predicted octanol–water partition coefficient (Wildman–Crippen LogP) is 3.36. The van der Waals surface area contributed by atoms with E-state index in [1.807, 2.05) is 36.4 Å². The number of ketones is 1. The highest BCUT2D eigenvalue weighted by molar-refractivity contribution is 6.31. The van der Waals surface area contributed by atoms with Gasteiger partial charge >= 0.3 is 0 Å². The number of nitrogens with two attached hydrogens (primary N) is 1. The average molecular weight is 246 g/mol. The zero-order chi connectivity index (χ0) is 12.3. The van der Waals surface area contributed by atoms with Crippen molar-refractivity contribution < 1.29 is 4.79 Å². The van der Waals surface area contributed by atoms with Crippen LogP contribution >= 0.6 is 11.6 Å². The van der Waals surface area contributed by atoms with E-state index >= 15 is 0 Å². The molecule has 0 fully saturated rings. The van der Waals surface area contributed by atoms with Crippen LogP contribution in [-0.2, 0) is 0 Å². The largest absolute Gasteiger partial charge is 0.398 e. The molecule has 0 unspecified atom stereocenters. The van der Waals surface area contributed by atoms with Gasteiger partial charge in [0.15, 0.2) is 5.78 Å². The number of rotatable bonds is 3. The van der Waals surface area contributed by atoms with Crippen molar-refractivity contribution in [3.63, 3.8) is 0 Å². The normalized spacial score (nSPS) is 10.2. The third-order valence-corrected chi connectivity index (χ3v) is 2.82. The molecule has 3 heteroatoms. The minimum absolute atomic E-state index is 0.0531. The molecule has 0 amide bonds. The molecule has 2 N–H and O–H groups in total. The Morgan fingerprint density at radius 3 is 2.41 bits per heavy atom. The molecule has 86 valence electrons. The molecule has 0 heterocycles. The quantitative estimate of drug-likeness (QED) is 0.512. The third kappa shape index (κ3) is 2.48. The molecular weight excluding hydrogens is 234 g/mol. The molecule has 0 aliphatic rings. The van der Waals surface area contributed by atoms with Crippen LogP contribution in [0.5, 0.6) is 0 Å². The lowest BCUT2D eigenvalue weighted by atomic mass is 10.0. The van der Waals surface area contributed by atoms with Gasteiger partial charge in [-0.1, -0.05) is 36.4 Å². The van der Waals surface area contributed by atoms with Crippen LogP contribution in [0.1, 0.15) is 10.4 Å². The lowest BCUT2D eigenvalue weighted by Crippen LogP contribution is -2.05. The van der Waals surface area contributed by atoms with E-state index in [0.717, 1.165) is 11.1 Å². The number of hydrogen-bond donors (Lipinski definition) is 1. The Bertz CT molecular complexity index is 537. The summed E-state index contributed by atoms with van der Waals surface area (Å²) in [4.78, 5) is 11.6. The second kappa shape index (κ2) is 5.02. The van der Waals surface area contributed by atoms with Gasteiger partial charge in [-0.25, -0.2) is 0 Å². The topological polar surface area (TPSA) is 43.1 Å². The minimum Gasteiger partial charge on any atom is -0.398 e. The highest BCUT2D eigenvalue weighted by Gasteiger charge is 2.09. The van der Waals surface area contributed by atoms with Crippen LogP contribution in [0.15, 0.2) is 48.5 Å². The van der Waals surface area contributed by atoms with Gasteiger partial charge in [-0.3, -0.25) is 4.79 Å². The third-order valence-electron chi connectivity index (χ3n) is 2.58. The summed E-state index contributed by atoms with van der Waals surface area (Å²) in [5.74, 6) is -0.204. The van der Waals surface area contributed by atoms with E-state index < -0.39 is 0 Å². The lowest BCUT2D eigenvalue weighted by molar-refractivity contribution is 0.102. The van der Waals surface area contributed by atoms with Gasteiger partial charge in [0.05, 0.1) is 5.88 Å². The van der Waals surface area contributed by atoms with Crippen molar-refractivity contribution in [3.8, 4) is 11.1 Å². The molecule has 0 spiro atoms. The number of Topliss-reactive ketones (excluding diaryl/α,β-unsaturated/α-hetero) is 1. The molecular formula is C14H12ClNO. The molecule has 0 saturated carbocycles. The number of carbonyl (C=O) groups excluding carboxylic acids is 1. The van der Waals surface area contributed by atoms with Gasteiger partial charge < -0.3 is 5.73 Å². The van der Waals surface area contributed by atoms with E-state index in [1.54, 1.807) is 12.1 Å². The molecule has 2 aromatic rings. The Morgan fingerprint density at radius 1 is 1.06 bits per heavy atom. The predicted molar refractivity (Wildman–Crippen MR) is 71.3 cm³/mol. The number of nitrogen functional groups attached to an aromatic ring is 1. The summed E-state index contributed by atoms with van der Waals surface area (Å²) in [5.41, 5.74) is 8.74. The number of hydrogen-bond acceptors (Lipinski definition) is 2. The standard InChI is InChI=1S/C14H12ClNO/c15-9-14(17)12-8-11(6-7-13(12)16)10-4-2-1-3-5-10/h1-8H,9,16H2. The van der Waals surface area contributed by atoms with E-state index in [0.29, 0.717) is 11.3 Å². The summed E-state index contributed by atoms with van der Waals surface area (Å²) in [6, 6.07) is 15.3. The van der Waals surface area contributed by atoms with Gasteiger partial charge in [-0.2, -0.15) is 0 Å². The van der Waals surface area contributed by atoms with Gasteiger partial charge in [-0.05, 0) is 23.3 Å². The molecule has 0 saturated heterocycles. The van der Waals surface area contributed by atoms with E-state index in [1.165, 1.54) is 0 Å². The minimum atomic E-state index is -0.151. The van der Waals surface area contributed by atoms with Gasteiger partial charge in [0.25, 0.3) is 0 Å². The van der Waals surface area contributed by atoms with Crippen molar-refractivity contribution in [1.82, 2.24) is 0 Å². The Morgan fingerprint density at radius 2 is 1.76 bits per heavy atom. The number of halogens is 1. The van der Waals surface area contributed by atoms with Gasteiger partial charge in [0, 0.05) is 11.3 Å². The molecule has 2 nitrogen and oxygen atoms in total. The van der Waals surface area contributed by atoms with E-state index in [9.17, 15) is 4.79 Å². The zero-order valence-corrected chi connectivity index (χ0v) is 9.95. The molecule has 0 bridgehead atoms. The highest BCUT2D eigenvalue weighted by Crippen LogP contribution is 2.24. The van der Waals surface area contributed by atoms with Crippen molar-refractivity contribution in [3.05, 3.63) is 54.1 Å². The van der Waals surface area contributed by atoms with E-state index in [2.05, 4.69) is 0 Å². The van der Waals surface area contributed by atoms with Crippen LogP contribution in [0.25, 0.3) is 11.1 Å². The monoisotopic (exact) mass is 245 g/mol. The van der Waals surface area contributed by atoms with Gasteiger partial charge in [0.1, 0.15) is 0 Å². The SMILES string of the molecule is Nc1ccc(-c2ccccc2)cc1C(=O)CCl. The maximum absolute atomic E-state index is 11.6. The first kappa shape index (κ1) is 11.7. The summed E-state index contributed by atoms with van der Waals surface area (Å²) in [6.07, 6.45) is 0. The molecule has 17 heavy (non-hydrogen) atoms. The maximum atomic E-state index is 11.6. The highest BCUT2D eigenvalue weighted by atomic mass is 35.5. The number of anilines is 1. The lowest BCUT2D eigenvalue weighted by Gasteiger charge is -2.07. The molecule has 0 radical (unpaired) electrons. The van der Waals surface area contributed by atoms with Crippen molar-refractivity contribution in [2.75, 3.05) is 11.6 Å². The zero-order valence-electron chi connectivity index (χ0n) is 9.19. The van der Waals surface area contributed by atoms with Crippen LogP contribution in [0.3, 0.4) is 0 Å². The Labute approximate surface area is 105 Å². The van der Waals surface area contributed by atoms with Crippen LogP contribution in [0, 0.1) is 0 Å². The van der Waals surface area contributed by atoms with Crippen molar-refractivity contribution in [2.24, 2.45) is 0 Å². The first-order valence-corrected chi connectivity index (χ1v) is 5.80. The molecule has 0 atom stereocenters. The first-order valence-electron chi connectivity index (χ1n) is 5.26. The van der Waals surface area contributed by atoms with Gasteiger partial charge in [-0.15, -0.1) is 11.6 Å². The van der Waals surface area contributed by atoms with E-state index in [-0.39, 0.29) is 11.7 Å². The Kier molecular flexibility index (Phi) is 3.45. The Balaban J connectivity index is 2.48. The van der Waals surface area contributed by atoms with Crippen molar-refractivity contribution >= 4 is 23.1 Å². The fraction of sp³-hybridized carbons (Fsp3) is 0.0714. The van der Waals surface area contributed by atoms with Crippen LogP contribution < -0.4 is 5.73 Å². The van der Waals surface area contributed by atoms with Gasteiger partial charge in [0.2, 0.25) is 0 Å². The second-order valence-corrected chi connectivity index (χ2v) is 3.99. The molecule has 0 aromatic heterocycles. The maximum Gasteiger partial charge on any atom is 0.179 e. The summed E-state index contributed by atoms with van der Waals surface area (Å²) >= 11 is 5.55. The fourth-order valence-corrected chi connectivity index (χ4v) is 1.82. The number of carbonyl (C=O) groups is 1. The molecule has 0 aliphatic carbocycles. The number of benzene rings is 2.